The molecule has 120 valence electrons. The van der Waals surface area contributed by atoms with E-state index in [0.717, 1.165) is 19.3 Å². The van der Waals surface area contributed by atoms with Crippen molar-refractivity contribution in [2.75, 3.05) is 19.8 Å². The van der Waals surface area contributed by atoms with Gasteiger partial charge in [-0.1, -0.05) is 0 Å². The molecule has 0 aliphatic carbocycles. The molecule has 2 aliphatic heterocycles. The van der Waals surface area contributed by atoms with Crippen molar-refractivity contribution in [3.63, 3.8) is 0 Å². The van der Waals surface area contributed by atoms with Crippen LogP contribution in [-0.4, -0.2) is 53.0 Å². The van der Waals surface area contributed by atoms with Gasteiger partial charge in [0.1, 0.15) is 5.60 Å². The predicted octanol–water partition coefficient (Wildman–Crippen LogP) is 2.27. The van der Waals surface area contributed by atoms with Crippen LogP contribution in [0, 0.1) is 5.92 Å². The molecule has 2 rings (SSSR count). The van der Waals surface area contributed by atoms with Crippen LogP contribution in [0.15, 0.2) is 0 Å². The van der Waals surface area contributed by atoms with E-state index in [1.807, 2.05) is 20.8 Å². The van der Waals surface area contributed by atoms with Crippen LogP contribution in [0.4, 0.5) is 4.79 Å². The third-order valence-corrected chi connectivity index (χ3v) is 4.18. The average molecular weight is 299 g/mol. The van der Waals surface area contributed by atoms with E-state index >= 15 is 0 Å². The fourth-order valence-corrected chi connectivity index (χ4v) is 3.36. The summed E-state index contributed by atoms with van der Waals surface area (Å²) in [6.45, 7) is 7.20. The van der Waals surface area contributed by atoms with Gasteiger partial charge in [-0.25, -0.2) is 4.79 Å². The largest absolute Gasteiger partial charge is 0.481 e. The zero-order valence-corrected chi connectivity index (χ0v) is 13.1. The van der Waals surface area contributed by atoms with Gasteiger partial charge < -0.3 is 19.5 Å². The minimum atomic E-state index is -0.812. The fourth-order valence-electron chi connectivity index (χ4n) is 3.36. The van der Waals surface area contributed by atoms with Crippen molar-refractivity contribution in [3.8, 4) is 0 Å². The van der Waals surface area contributed by atoms with Crippen LogP contribution in [0.2, 0.25) is 0 Å². The maximum Gasteiger partial charge on any atom is 0.410 e. The molecule has 0 aromatic carbocycles. The molecule has 0 aromatic rings. The molecule has 1 amide bonds. The van der Waals surface area contributed by atoms with E-state index < -0.39 is 11.6 Å². The summed E-state index contributed by atoms with van der Waals surface area (Å²) in [5.74, 6) is -0.818. The van der Waals surface area contributed by atoms with Gasteiger partial charge in [0, 0.05) is 26.2 Å². The molecule has 2 fully saturated rings. The third-order valence-electron chi connectivity index (χ3n) is 4.18. The number of hydrogen-bond donors (Lipinski definition) is 1. The summed E-state index contributed by atoms with van der Waals surface area (Å²) in [6.07, 6.45) is 1.99. The van der Waals surface area contributed by atoms with Gasteiger partial charge in [-0.15, -0.1) is 0 Å². The smallest absolute Gasteiger partial charge is 0.410 e. The average Bonchev–Trinajstić information content (AvgIpc) is 2.65. The molecule has 6 heteroatoms. The number of carbonyl (C=O) groups is 2. The molecule has 2 heterocycles. The Morgan fingerprint density at radius 3 is 2.48 bits per heavy atom. The maximum absolute atomic E-state index is 12.5. The second kappa shape index (κ2) is 5.83. The molecular weight excluding hydrogens is 274 g/mol. The molecule has 1 spiro atoms. The van der Waals surface area contributed by atoms with Crippen LogP contribution in [-0.2, 0) is 14.3 Å². The third kappa shape index (κ3) is 3.87. The number of amides is 1. The second-order valence-corrected chi connectivity index (χ2v) is 7.10. The zero-order valence-electron chi connectivity index (χ0n) is 13.1. The number of rotatable bonds is 2. The Hall–Kier alpha value is -1.30. The molecule has 2 saturated heterocycles. The second-order valence-electron chi connectivity index (χ2n) is 7.10. The van der Waals surface area contributed by atoms with E-state index in [1.54, 1.807) is 4.90 Å². The number of likely N-dealkylation sites (tertiary alicyclic amines) is 1. The first-order chi connectivity index (χ1) is 9.72. The number of aliphatic carboxylic acids is 1. The van der Waals surface area contributed by atoms with Crippen molar-refractivity contribution in [3.05, 3.63) is 0 Å². The molecular formula is C15H25NO5. The summed E-state index contributed by atoms with van der Waals surface area (Å²) in [5, 5.41) is 9.01. The molecule has 6 nitrogen and oxygen atoms in total. The number of nitrogens with zero attached hydrogens (tertiary/aromatic N) is 1. The number of hydrogen-bond acceptors (Lipinski definition) is 4. The molecule has 0 bridgehead atoms. The lowest BCUT2D eigenvalue weighted by molar-refractivity contribution is -0.138. The molecule has 0 saturated carbocycles. The lowest BCUT2D eigenvalue weighted by Crippen LogP contribution is -2.51. The first-order valence-corrected chi connectivity index (χ1v) is 7.52. The highest BCUT2D eigenvalue weighted by molar-refractivity contribution is 5.71. The maximum atomic E-state index is 12.5. The monoisotopic (exact) mass is 299 g/mol. The van der Waals surface area contributed by atoms with Gasteiger partial charge in [0.25, 0.3) is 0 Å². The normalized spacial score (nSPS) is 25.1. The summed E-state index contributed by atoms with van der Waals surface area (Å²) in [5.41, 5.74) is -0.838. The van der Waals surface area contributed by atoms with Crippen molar-refractivity contribution >= 4 is 12.1 Å². The van der Waals surface area contributed by atoms with E-state index in [2.05, 4.69) is 0 Å². The first-order valence-electron chi connectivity index (χ1n) is 7.52. The summed E-state index contributed by atoms with van der Waals surface area (Å²) >= 11 is 0. The Labute approximate surface area is 125 Å². The zero-order chi connectivity index (χ0) is 15.7. The summed E-state index contributed by atoms with van der Waals surface area (Å²) in [4.78, 5) is 25.2. The number of ether oxygens (including phenoxy) is 2. The van der Waals surface area contributed by atoms with Gasteiger partial charge in [0.2, 0.25) is 0 Å². The van der Waals surface area contributed by atoms with Gasteiger partial charge in [-0.2, -0.15) is 0 Å². The Morgan fingerprint density at radius 2 is 1.95 bits per heavy atom. The van der Waals surface area contributed by atoms with Crippen LogP contribution >= 0.6 is 0 Å². The summed E-state index contributed by atoms with van der Waals surface area (Å²) < 4.78 is 10.9. The van der Waals surface area contributed by atoms with Crippen molar-refractivity contribution in [1.29, 1.82) is 0 Å². The minimum absolute atomic E-state index is 0.00637. The molecule has 1 N–H and O–H groups in total. The quantitative estimate of drug-likeness (QED) is 0.846. The van der Waals surface area contributed by atoms with Gasteiger partial charge in [0.15, 0.2) is 0 Å². The van der Waals surface area contributed by atoms with E-state index in [9.17, 15) is 9.59 Å². The minimum Gasteiger partial charge on any atom is -0.481 e. The SMILES string of the molecule is CC(C)(C)OC(=O)N1CC(CC(=O)O)CC12CCOCC2. The van der Waals surface area contributed by atoms with Crippen LogP contribution in [0.3, 0.4) is 0 Å². The molecule has 0 aromatic heterocycles. The Kier molecular flexibility index (Phi) is 4.46. The number of carboxylic acids is 1. The van der Waals surface area contributed by atoms with Gasteiger partial charge in [-0.05, 0) is 46.0 Å². The molecule has 1 atom stereocenters. The van der Waals surface area contributed by atoms with Gasteiger partial charge >= 0.3 is 12.1 Å². The van der Waals surface area contributed by atoms with Crippen molar-refractivity contribution in [1.82, 2.24) is 4.90 Å². The van der Waals surface area contributed by atoms with Crippen LogP contribution < -0.4 is 0 Å². The highest BCUT2D eigenvalue weighted by atomic mass is 16.6. The highest BCUT2D eigenvalue weighted by Crippen LogP contribution is 2.42. The topological polar surface area (TPSA) is 76.1 Å². The molecule has 21 heavy (non-hydrogen) atoms. The fraction of sp³-hybridized carbons (Fsp3) is 0.867. The summed E-state index contributed by atoms with van der Waals surface area (Å²) in [7, 11) is 0. The highest BCUT2D eigenvalue weighted by Gasteiger charge is 2.50. The Morgan fingerprint density at radius 1 is 1.33 bits per heavy atom. The predicted molar refractivity (Wildman–Crippen MR) is 76.1 cm³/mol. The number of carboxylic acid groups (broad SMARTS) is 1. The van der Waals surface area contributed by atoms with Crippen LogP contribution in [0.25, 0.3) is 0 Å². The van der Waals surface area contributed by atoms with Crippen LogP contribution in [0.5, 0.6) is 0 Å². The van der Waals surface area contributed by atoms with E-state index in [1.165, 1.54) is 0 Å². The standard InChI is InChI=1S/C15H25NO5/c1-14(2,3)21-13(19)16-10-11(8-12(17)18)9-15(16)4-6-20-7-5-15/h11H,4-10H2,1-3H3,(H,17,18). The van der Waals surface area contributed by atoms with Crippen LogP contribution in [0.1, 0.15) is 46.5 Å². The lowest BCUT2D eigenvalue weighted by atomic mass is 9.84. The lowest BCUT2D eigenvalue weighted by Gasteiger charge is -2.41. The van der Waals surface area contributed by atoms with Gasteiger partial charge in [-0.3, -0.25) is 4.79 Å². The van der Waals surface area contributed by atoms with E-state index in [4.69, 9.17) is 14.6 Å². The number of carbonyl (C=O) groups excluding carboxylic acids is 1. The van der Waals surface area contributed by atoms with Crippen molar-refractivity contribution in [2.24, 2.45) is 5.92 Å². The molecule has 1 unspecified atom stereocenters. The van der Waals surface area contributed by atoms with Gasteiger partial charge in [0.05, 0.1) is 5.54 Å². The molecule has 0 radical (unpaired) electrons. The first kappa shape index (κ1) is 16.1. The van der Waals surface area contributed by atoms with E-state index in [-0.39, 0.29) is 24.0 Å². The van der Waals surface area contributed by atoms with E-state index in [0.29, 0.717) is 19.8 Å². The Bertz CT molecular complexity index is 409. The van der Waals surface area contributed by atoms with Crippen molar-refractivity contribution < 1.29 is 24.2 Å². The summed E-state index contributed by atoms with van der Waals surface area (Å²) in [6, 6.07) is 0. The van der Waals surface area contributed by atoms with Crippen molar-refractivity contribution in [2.45, 2.75) is 57.6 Å². The molecule has 2 aliphatic rings. The Balaban J connectivity index is 2.14.